The molecule has 0 aliphatic rings. The number of ether oxygens (including phenoxy) is 2. The van der Waals surface area contributed by atoms with E-state index in [1.54, 1.807) is 12.3 Å². The van der Waals surface area contributed by atoms with E-state index in [0.717, 1.165) is 11.4 Å². The van der Waals surface area contributed by atoms with Gasteiger partial charge in [-0.15, -0.1) is 11.3 Å². The molecule has 2 aromatic heterocycles. The number of rotatable bonds is 8. The van der Waals surface area contributed by atoms with Crippen molar-refractivity contribution in [3.05, 3.63) is 16.1 Å². The maximum Gasteiger partial charge on any atom is 0.271 e. The van der Waals surface area contributed by atoms with Crippen LogP contribution < -0.4 is 15.2 Å². The number of carbonyl (C=O) groups excluding carboxylic acids is 1. The van der Waals surface area contributed by atoms with Gasteiger partial charge >= 0.3 is 0 Å². The first-order valence-corrected chi connectivity index (χ1v) is 8.95. The number of aromatic hydroxyl groups is 1. The highest BCUT2D eigenvalue weighted by Gasteiger charge is 2.26. The highest BCUT2D eigenvalue weighted by molar-refractivity contribution is 7.09. The van der Waals surface area contributed by atoms with Gasteiger partial charge in [0, 0.05) is 5.38 Å². The number of thiazole rings is 1. The van der Waals surface area contributed by atoms with Gasteiger partial charge in [-0.25, -0.2) is 9.97 Å². The summed E-state index contributed by atoms with van der Waals surface area (Å²) in [5, 5.41) is 22.4. The summed E-state index contributed by atoms with van der Waals surface area (Å²) >= 11 is 1.44. The number of aliphatic hydroxyl groups excluding tert-OH is 1. The van der Waals surface area contributed by atoms with Crippen LogP contribution >= 0.6 is 11.3 Å². The molecule has 0 bridgehead atoms. The Morgan fingerprint density at radius 1 is 1.27 bits per heavy atom. The third kappa shape index (κ3) is 4.05. The van der Waals surface area contributed by atoms with Crippen molar-refractivity contribution in [3.8, 4) is 28.6 Å². The molecule has 0 fully saturated rings. The Hall–Kier alpha value is -2.39. The summed E-state index contributed by atoms with van der Waals surface area (Å²) in [5.41, 5.74) is 5.74. The smallest absolute Gasteiger partial charge is 0.271 e. The van der Waals surface area contributed by atoms with Gasteiger partial charge in [0.25, 0.3) is 5.91 Å². The molecule has 0 saturated carbocycles. The molecule has 0 unspecified atom stereocenters. The summed E-state index contributed by atoms with van der Waals surface area (Å²) in [6.45, 7) is 3.74. The first kappa shape index (κ1) is 19.9. The third-order valence-corrected chi connectivity index (χ3v) is 5.07. The van der Waals surface area contributed by atoms with Crippen molar-refractivity contribution in [2.75, 3.05) is 14.2 Å². The number of nitrogens with zero attached hydrogens (tertiary/aromatic N) is 2. The van der Waals surface area contributed by atoms with Crippen LogP contribution in [-0.2, 0) is 6.42 Å². The fourth-order valence-electron chi connectivity index (χ4n) is 2.39. The Morgan fingerprint density at radius 2 is 1.92 bits per heavy atom. The highest BCUT2D eigenvalue weighted by Crippen LogP contribution is 2.44. The number of aromatic nitrogens is 2. The van der Waals surface area contributed by atoms with Crippen molar-refractivity contribution in [1.82, 2.24) is 9.97 Å². The van der Waals surface area contributed by atoms with E-state index in [9.17, 15) is 15.0 Å². The summed E-state index contributed by atoms with van der Waals surface area (Å²) in [6.07, 6.45) is 1.12. The van der Waals surface area contributed by atoms with Gasteiger partial charge in [-0.1, -0.05) is 6.92 Å². The monoisotopic (exact) mass is 381 g/mol. The van der Waals surface area contributed by atoms with Crippen LogP contribution in [0, 0.1) is 5.92 Å². The minimum atomic E-state index is -0.883. The predicted molar refractivity (Wildman–Crippen MR) is 97.8 cm³/mol. The van der Waals surface area contributed by atoms with Crippen molar-refractivity contribution >= 4 is 17.2 Å². The number of pyridine rings is 1. The molecule has 2 heterocycles. The maximum atomic E-state index is 11.6. The molecular formula is C17H23N3O5S. The molecular weight excluding hydrogens is 358 g/mol. The normalized spacial score (nSPS) is 13.3. The molecule has 8 nitrogen and oxygen atoms in total. The Labute approximate surface area is 155 Å². The zero-order valence-corrected chi connectivity index (χ0v) is 16.0. The van der Waals surface area contributed by atoms with Crippen molar-refractivity contribution in [2.24, 2.45) is 11.7 Å². The SMILES string of the molecule is COc1c(-c2csc(CC[C@H](C)[C@@H](C)O)n2)nc(C(N)=O)c(O)c1OC. The van der Waals surface area contributed by atoms with Gasteiger partial charge in [-0.3, -0.25) is 4.79 Å². The minimum Gasteiger partial charge on any atom is -0.503 e. The molecule has 0 saturated heterocycles. The summed E-state index contributed by atoms with van der Waals surface area (Å²) in [6, 6.07) is 0. The van der Waals surface area contributed by atoms with E-state index in [4.69, 9.17) is 15.2 Å². The van der Waals surface area contributed by atoms with Crippen LogP contribution in [-0.4, -0.2) is 46.4 Å². The summed E-state index contributed by atoms with van der Waals surface area (Å²) in [5.74, 6) is -1.05. The lowest BCUT2D eigenvalue weighted by atomic mass is 10.0. The van der Waals surface area contributed by atoms with Crippen LogP contribution in [0.4, 0.5) is 0 Å². The number of carbonyl (C=O) groups is 1. The summed E-state index contributed by atoms with van der Waals surface area (Å²) in [7, 11) is 2.75. The van der Waals surface area contributed by atoms with Gasteiger partial charge in [0.1, 0.15) is 11.4 Å². The molecule has 9 heteroatoms. The van der Waals surface area contributed by atoms with Crippen LogP contribution in [0.1, 0.15) is 35.8 Å². The van der Waals surface area contributed by atoms with E-state index in [-0.39, 0.29) is 34.9 Å². The van der Waals surface area contributed by atoms with Crippen LogP contribution in [0.25, 0.3) is 11.4 Å². The number of methoxy groups -OCH3 is 2. The molecule has 2 rings (SSSR count). The van der Waals surface area contributed by atoms with E-state index in [0.29, 0.717) is 12.1 Å². The molecule has 0 radical (unpaired) electrons. The molecule has 2 atom stereocenters. The Balaban J connectivity index is 2.42. The molecule has 2 aromatic rings. The van der Waals surface area contributed by atoms with Crippen molar-refractivity contribution in [3.63, 3.8) is 0 Å². The number of primary amides is 1. The third-order valence-electron chi connectivity index (χ3n) is 4.16. The molecule has 0 aliphatic carbocycles. The fraction of sp³-hybridized carbons (Fsp3) is 0.471. The average Bonchev–Trinajstić information content (AvgIpc) is 3.07. The number of amides is 1. The molecule has 142 valence electrons. The topological polar surface area (TPSA) is 128 Å². The second-order valence-electron chi connectivity index (χ2n) is 5.97. The predicted octanol–water partition coefficient (Wildman–Crippen LogP) is 1.98. The Kier molecular flexibility index (Phi) is 6.38. The van der Waals surface area contributed by atoms with Gasteiger partial charge in [0.05, 0.1) is 25.3 Å². The molecule has 26 heavy (non-hydrogen) atoms. The lowest BCUT2D eigenvalue weighted by Gasteiger charge is -2.14. The molecule has 0 spiro atoms. The zero-order valence-electron chi connectivity index (χ0n) is 15.1. The summed E-state index contributed by atoms with van der Waals surface area (Å²) in [4.78, 5) is 20.2. The van der Waals surface area contributed by atoms with E-state index in [2.05, 4.69) is 9.97 Å². The number of aliphatic hydroxyl groups is 1. The van der Waals surface area contributed by atoms with Crippen LogP contribution in [0.2, 0.25) is 0 Å². The quantitative estimate of drug-likeness (QED) is 0.638. The first-order valence-electron chi connectivity index (χ1n) is 8.07. The van der Waals surface area contributed by atoms with Gasteiger partial charge < -0.3 is 25.4 Å². The van der Waals surface area contributed by atoms with Gasteiger partial charge in [-0.05, 0) is 25.7 Å². The van der Waals surface area contributed by atoms with Crippen molar-refractivity contribution < 1.29 is 24.5 Å². The molecule has 0 aromatic carbocycles. The number of nitrogens with two attached hydrogens (primary N) is 1. The number of aryl methyl sites for hydroxylation is 1. The molecule has 0 aliphatic heterocycles. The standard InChI is InChI=1S/C17H23N3O5S/c1-8(9(2)21)5-6-11-19-10(7-26-11)12-15(24-3)16(25-4)14(22)13(20-12)17(18)23/h7-9,21-22H,5-6H2,1-4H3,(H2,18,23)/t8-,9+/m0/s1. The van der Waals surface area contributed by atoms with Gasteiger partial charge in [0.15, 0.2) is 17.2 Å². The lowest BCUT2D eigenvalue weighted by Crippen LogP contribution is -2.15. The second kappa shape index (κ2) is 8.33. The zero-order chi connectivity index (χ0) is 19.4. The van der Waals surface area contributed by atoms with Crippen molar-refractivity contribution in [2.45, 2.75) is 32.8 Å². The Bertz CT molecular complexity index is 791. The lowest BCUT2D eigenvalue weighted by molar-refractivity contribution is 0.0992. The Morgan fingerprint density at radius 3 is 2.46 bits per heavy atom. The minimum absolute atomic E-state index is 0.0245. The molecule has 4 N–H and O–H groups in total. The first-order chi connectivity index (χ1) is 12.3. The van der Waals surface area contributed by atoms with E-state index >= 15 is 0 Å². The molecule has 1 amide bonds. The van der Waals surface area contributed by atoms with Gasteiger partial charge in [-0.2, -0.15) is 0 Å². The number of hydrogen-bond acceptors (Lipinski definition) is 8. The largest absolute Gasteiger partial charge is 0.503 e. The van der Waals surface area contributed by atoms with Crippen LogP contribution in [0.15, 0.2) is 5.38 Å². The van der Waals surface area contributed by atoms with Crippen molar-refractivity contribution in [1.29, 1.82) is 0 Å². The van der Waals surface area contributed by atoms with E-state index in [1.165, 1.54) is 25.6 Å². The van der Waals surface area contributed by atoms with E-state index in [1.807, 2.05) is 6.92 Å². The van der Waals surface area contributed by atoms with E-state index < -0.39 is 11.7 Å². The highest BCUT2D eigenvalue weighted by atomic mass is 32.1. The van der Waals surface area contributed by atoms with Crippen LogP contribution in [0.3, 0.4) is 0 Å². The second-order valence-corrected chi connectivity index (χ2v) is 6.91. The van der Waals surface area contributed by atoms with Crippen LogP contribution in [0.5, 0.6) is 17.2 Å². The van der Waals surface area contributed by atoms with Gasteiger partial charge in [0.2, 0.25) is 5.75 Å². The number of hydrogen-bond donors (Lipinski definition) is 3. The fourth-order valence-corrected chi connectivity index (χ4v) is 3.19. The summed E-state index contributed by atoms with van der Waals surface area (Å²) < 4.78 is 10.5. The maximum absolute atomic E-state index is 11.6. The average molecular weight is 381 g/mol.